The van der Waals surface area contributed by atoms with E-state index < -0.39 is 0 Å². The standard InChI is InChI=1S/C8H10BrNO.C2H6/c1-6-7(5-11-2)3-4-8(9)10-6;1-2/h3-4H,5H2,1-2H3;1-2H3. The molecule has 0 radical (unpaired) electrons. The van der Waals surface area contributed by atoms with Crippen LogP contribution >= 0.6 is 15.9 Å². The highest BCUT2D eigenvalue weighted by atomic mass is 79.9. The highest BCUT2D eigenvalue weighted by molar-refractivity contribution is 9.10. The van der Waals surface area contributed by atoms with E-state index in [2.05, 4.69) is 20.9 Å². The molecule has 0 N–H and O–H groups in total. The maximum atomic E-state index is 4.99. The summed E-state index contributed by atoms with van der Waals surface area (Å²) in [7, 11) is 1.68. The Labute approximate surface area is 88.5 Å². The molecule has 0 saturated heterocycles. The summed E-state index contributed by atoms with van der Waals surface area (Å²) < 4.78 is 5.86. The minimum absolute atomic E-state index is 0.631. The van der Waals surface area contributed by atoms with Gasteiger partial charge in [0.15, 0.2) is 0 Å². The molecule has 1 rings (SSSR count). The van der Waals surface area contributed by atoms with Gasteiger partial charge in [-0.15, -0.1) is 0 Å². The Morgan fingerprint density at radius 2 is 2.00 bits per heavy atom. The molecule has 0 spiro atoms. The normalized spacial score (nSPS) is 9.00. The van der Waals surface area contributed by atoms with Crippen LogP contribution in [0.5, 0.6) is 0 Å². The monoisotopic (exact) mass is 245 g/mol. The maximum absolute atomic E-state index is 4.99. The Kier molecular flexibility index (Phi) is 6.82. The van der Waals surface area contributed by atoms with E-state index in [0.717, 1.165) is 15.9 Å². The summed E-state index contributed by atoms with van der Waals surface area (Å²) >= 11 is 3.30. The first kappa shape index (κ1) is 12.6. The van der Waals surface area contributed by atoms with Crippen molar-refractivity contribution in [2.75, 3.05) is 7.11 Å². The smallest absolute Gasteiger partial charge is 0.106 e. The van der Waals surface area contributed by atoms with Gasteiger partial charge in [-0.05, 0) is 34.5 Å². The number of rotatable bonds is 2. The first-order valence-electron chi connectivity index (χ1n) is 4.35. The van der Waals surface area contributed by atoms with Gasteiger partial charge in [0, 0.05) is 12.8 Å². The largest absolute Gasteiger partial charge is 0.380 e. The van der Waals surface area contributed by atoms with Crippen LogP contribution in [-0.4, -0.2) is 12.1 Å². The molecule has 0 unspecified atom stereocenters. The van der Waals surface area contributed by atoms with Crippen LogP contribution in [0.4, 0.5) is 0 Å². The lowest BCUT2D eigenvalue weighted by Crippen LogP contribution is -1.94. The molecule has 3 heteroatoms. The van der Waals surface area contributed by atoms with E-state index in [-0.39, 0.29) is 0 Å². The fraction of sp³-hybridized carbons (Fsp3) is 0.500. The molecule has 0 aromatic carbocycles. The van der Waals surface area contributed by atoms with Crippen molar-refractivity contribution in [1.82, 2.24) is 4.98 Å². The summed E-state index contributed by atoms with van der Waals surface area (Å²) in [6.07, 6.45) is 0. The number of hydrogen-bond donors (Lipinski definition) is 0. The zero-order chi connectivity index (χ0) is 10.3. The molecular weight excluding hydrogens is 230 g/mol. The van der Waals surface area contributed by atoms with Gasteiger partial charge in [0.25, 0.3) is 0 Å². The number of ether oxygens (including phenoxy) is 1. The molecule has 2 nitrogen and oxygen atoms in total. The van der Waals surface area contributed by atoms with Gasteiger partial charge in [0.05, 0.1) is 6.61 Å². The molecule has 13 heavy (non-hydrogen) atoms. The summed E-state index contributed by atoms with van der Waals surface area (Å²) in [5.74, 6) is 0. The van der Waals surface area contributed by atoms with E-state index in [1.165, 1.54) is 0 Å². The summed E-state index contributed by atoms with van der Waals surface area (Å²) in [4.78, 5) is 4.23. The Hall–Kier alpha value is -0.410. The van der Waals surface area contributed by atoms with Crippen LogP contribution in [0.25, 0.3) is 0 Å². The van der Waals surface area contributed by atoms with Gasteiger partial charge in [-0.25, -0.2) is 4.98 Å². The van der Waals surface area contributed by atoms with Gasteiger partial charge in [-0.2, -0.15) is 0 Å². The molecule has 0 bridgehead atoms. The SMILES string of the molecule is CC.COCc1ccc(Br)nc1C. The number of methoxy groups -OCH3 is 1. The number of pyridine rings is 1. The molecule has 0 atom stereocenters. The molecule has 0 aliphatic heterocycles. The lowest BCUT2D eigenvalue weighted by atomic mass is 10.2. The summed E-state index contributed by atoms with van der Waals surface area (Å²) in [5.41, 5.74) is 2.15. The molecule has 0 aliphatic rings. The second kappa shape index (κ2) is 7.04. The second-order valence-corrected chi connectivity index (χ2v) is 3.12. The first-order chi connectivity index (χ1) is 6.24. The average molecular weight is 246 g/mol. The highest BCUT2D eigenvalue weighted by Gasteiger charge is 1.98. The maximum Gasteiger partial charge on any atom is 0.106 e. The van der Waals surface area contributed by atoms with Crippen LogP contribution in [-0.2, 0) is 11.3 Å². The fourth-order valence-electron chi connectivity index (χ4n) is 0.867. The minimum atomic E-state index is 0.631. The molecule has 1 heterocycles. The van der Waals surface area contributed by atoms with Crippen molar-refractivity contribution in [2.45, 2.75) is 27.4 Å². The third-order valence-electron chi connectivity index (χ3n) is 1.46. The molecule has 1 aromatic heterocycles. The van der Waals surface area contributed by atoms with E-state index in [1.54, 1.807) is 7.11 Å². The molecule has 0 aliphatic carbocycles. The van der Waals surface area contributed by atoms with Gasteiger partial charge in [0.2, 0.25) is 0 Å². The van der Waals surface area contributed by atoms with E-state index in [1.807, 2.05) is 32.9 Å². The van der Waals surface area contributed by atoms with Crippen molar-refractivity contribution >= 4 is 15.9 Å². The van der Waals surface area contributed by atoms with Gasteiger partial charge in [-0.3, -0.25) is 0 Å². The Morgan fingerprint density at radius 1 is 1.38 bits per heavy atom. The van der Waals surface area contributed by atoms with Crippen molar-refractivity contribution < 1.29 is 4.74 Å². The predicted octanol–water partition coefficient (Wildman–Crippen LogP) is 3.33. The zero-order valence-electron chi connectivity index (χ0n) is 8.60. The third-order valence-corrected chi connectivity index (χ3v) is 1.90. The van der Waals surface area contributed by atoms with Crippen LogP contribution < -0.4 is 0 Å². The molecule has 0 amide bonds. The van der Waals surface area contributed by atoms with Crippen LogP contribution in [0.3, 0.4) is 0 Å². The average Bonchev–Trinajstić information content (AvgIpc) is 2.14. The second-order valence-electron chi connectivity index (χ2n) is 2.31. The number of aromatic nitrogens is 1. The summed E-state index contributed by atoms with van der Waals surface area (Å²) in [5, 5.41) is 0. The van der Waals surface area contributed by atoms with E-state index >= 15 is 0 Å². The number of halogens is 1. The fourth-order valence-corrected chi connectivity index (χ4v) is 1.27. The topological polar surface area (TPSA) is 22.1 Å². The first-order valence-corrected chi connectivity index (χ1v) is 5.14. The quantitative estimate of drug-likeness (QED) is 0.747. The van der Waals surface area contributed by atoms with Gasteiger partial charge in [-0.1, -0.05) is 19.9 Å². The van der Waals surface area contributed by atoms with Gasteiger partial charge < -0.3 is 4.74 Å². The summed E-state index contributed by atoms with van der Waals surface area (Å²) in [6.45, 7) is 6.60. The minimum Gasteiger partial charge on any atom is -0.380 e. The van der Waals surface area contributed by atoms with Crippen LogP contribution in [0, 0.1) is 6.92 Å². The van der Waals surface area contributed by atoms with Crippen molar-refractivity contribution in [2.24, 2.45) is 0 Å². The lowest BCUT2D eigenvalue weighted by Gasteiger charge is -2.02. The molecule has 0 saturated carbocycles. The molecule has 74 valence electrons. The van der Waals surface area contributed by atoms with Crippen LogP contribution in [0.2, 0.25) is 0 Å². The van der Waals surface area contributed by atoms with E-state index in [9.17, 15) is 0 Å². The predicted molar refractivity (Wildman–Crippen MR) is 58.7 cm³/mol. The third kappa shape index (κ3) is 4.39. The lowest BCUT2D eigenvalue weighted by molar-refractivity contribution is 0.184. The molecule has 0 fully saturated rings. The van der Waals surface area contributed by atoms with E-state index in [0.29, 0.717) is 6.61 Å². The van der Waals surface area contributed by atoms with E-state index in [4.69, 9.17) is 4.74 Å². The zero-order valence-corrected chi connectivity index (χ0v) is 10.2. The number of hydrogen-bond acceptors (Lipinski definition) is 2. The van der Waals surface area contributed by atoms with Crippen molar-refractivity contribution in [3.05, 3.63) is 28.0 Å². The van der Waals surface area contributed by atoms with Crippen molar-refractivity contribution in [3.8, 4) is 0 Å². The Morgan fingerprint density at radius 3 is 2.46 bits per heavy atom. The molecular formula is C10H16BrNO. The van der Waals surface area contributed by atoms with Gasteiger partial charge >= 0.3 is 0 Å². The van der Waals surface area contributed by atoms with Crippen molar-refractivity contribution in [3.63, 3.8) is 0 Å². The summed E-state index contributed by atoms with van der Waals surface area (Å²) in [6, 6.07) is 3.93. The van der Waals surface area contributed by atoms with Crippen LogP contribution in [0.15, 0.2) is 16.7 Å². The van der Waals surface area contributed by atoms with Crippen molar-refractivity contribution in [1.29, 1.82) is 0 Å². The number of nitrogens with zero attached hydrogens (tertiary/aromatic N) is 1. The van der Waals surface area contributed by atoms with Gasteiger partial charge in [0.1, 0.15) is 4.60 Å². The van der Waals surface area contributed by atoms with Crippen LogP contribution in [0.1, 0.15) is 25.1 Å². The highest BCUT2D eigenvalue weighted by Crippen LogP contribution is 2.11. The Bertz CT molecular complexity index is 251. The Balaban J connectivity index is 0.000000671. The number of aryl methyl sites for hydroxylation is 1. The molecule has 1 aromatic rings.